The zero-order valence-corrected chi connectivity index (χ0v) is 7.95. The molecule has 0 aliphatic rings. The van der Waals surface area contributed by atoms with Crippen LogP contribution in [-0.2, 0) is 4.79 Å². The molecule has 2 nitrogen and oxygen atoms in total. The largest absolute Gasteiger partial charge is 0.356 e. The summed E-state index contributed by atoms with van der Waals surface area (Å²) in [5, 5.41) is 2.81. The molecule has 0 aliphatic heterocycles. The van der Waals surface area contributed by atoms with Crippen LogP contribution in [0.4, 0.5) is 0 Å². The van der Waals surface area contributed by atoms with Crippen molar-refractivity contribution in [1.29, 1.82) is 0 Å². The molecule has 1 amide bonds. The summed E-state index contributed by atoms with van der Waals surface area (Å²) < 4.78 is 0. The molecule has 0 bridgehead atoms. The van der Waals surface area contributed by atoms with Crippen LogP contribution in [-0.4, -0.2) is 18.3 Å². The van der Waals surface area contributed by atoms with Crippen LogP contribution in [0.3, 0.4) is 0 Å². The van der Waals surface area contributed by atoms with Crippen LogP contribution in [0.1, 0.15) is 26.7 Å². The van der Waals surface area contributed by atoms with Crippen molar-refractivity contribution in [2.75, 3.05) is 12.4 Å². The number of nitrogens with one attached hydrogen (secondary N) is 1. The highest BCUT2D eigenvalue weighted by atomic mass is 35.5. The molecule has 1 unspecified atom stereocenters. The lowest BCUT2D eigenvalue weighted by atomic mass is 10.2. The van der Waals surface area contributed by atoms with Crippen LogP contribution >= 0.6 is 11.6 Å². The molecule has 0 fully saturated rings. The first-order valence-electron chi connectivity index (χ1n) is 4.03. The van der Waals surface area contributed by atoms with Crippen molar-refractivity contribution in [2.24, 2.45) is 5.92 Å². The summed E-state index contributed by atoms with van der Waals surface area (Å²) in [5.74, 6) is 1.11. The standard InChI is InChI=1S/C8H16ClNO/c1-3-4-8(11)10-6-7(2)5-9/h7H,3-6H2,1-2H3,(H,10,11). The van der Waals surface area contributed by atoms with Gasteiger partial charge in [0.15, 0.2) is 0 Å². The van der Waals surface area contributed by atoms with Crippen molar-refractivity contribution in [3.8, 4) is 0 Å². The van der Waals surface area contributed by atoms with Gasteiger partial charge in [0, 0.05) is 18.8 Å². The number of amides is 1. The first kappa shape index (κ1) is 10.8. The van der Waals surface area contributed by atoms with E-state index in [1.165, 1.54) is 0 Å². The van der Waals surface area contributed by atoms with Crippen molar-refractivity contribution < 1.29 is 4.79 Å². The molecule has 0 aromatic carbocycles. The number of alkyl halides is 1. The highest BCUT2D eigenvalue weighted by Crippen LogP contribution is 1.95. The molecule has 66 valence electrons. The molecule has 0 aromatic heterocycles. The Morgan fingerprint density at radius 1 is 1.64 bits per heavy atom. The van der Waals surface area contributed by atoms with Gasteiger partial charge in [0.05, 0.1) is 0 Å². The normalized spacial score (nSPS) is 12.6. The molecule has 3 heteroatoms. The fraction of sp³-hybridized carbons (Fsp3) is 0.875. The minimum Gasteiger partial charge on any atom is -0.356 e. The number of carbonyl (C=O) groups is 1. The molecular weight excluding hydrogens is 162 g/mol. The summed E-state index contributed by atoms with van der Waals surface area (Å²) in [6, 6.07) is 0. The maximum atomic E-state index is 10.9. The Hall–Kier alpha value is -0.240. The highest BCUT2D eigenvalue weighted by molar-refractivity contribution is 6.18. The molecular formula is C8H16ClNO. The van der Waals surface area contributed by atoms with Gasteiger partial charge in [-0.2, -0.15) is 0 Å². The van der Waals surface area contributed by atoms with E-state index in [1.54, 1.807) is 0 Å². The van der Waals surface area contributed by atoms with Crippen LogP contribution < -0.4 is 5.32 Å². The number of hydrogen-bond acceptors (Lipinski definition) is 1. The predicted octanol–water partition coefficient (Wildman–Crippen LogP) is 1.78. The maximum absolute atomic E-state index is 10.9. The van der Waals surface area contributed by atoms with Gasteiger partial charge in [0.2, 0.25) is 5.91 Å². The number of rotatable bonds is 5. The van der Waals surface area contributed by atoms with Crippen LogP contribution in [0.2, 0.25) is 0 Å². The average molecular weight is 178 g/mol. The van der Waals surface area contributed by atoms with E-state index in [9.17, 15) is 4.79 Å². The van der Waals surface area contributed by atoms with E-state index in [1.807, 2.05) is 13.8 Å². The Labute approximate surface area is 73.3 Å². The molecule has 0 saturated carbocycles. The number of halogens is 1. The van der Waals surface area contributed by atoms with Crippen LogP contribution in [0.15, 0.2) is 0 Å². The van der Waals surface area contributed by atoms with E-state index in [-0.39, 0.29) is 5.91 Å². The molecule has 0 aliphatic carbocycles. The molecule has 1 atom stereocenters. The third-order valence-corrected chi connectivity index (χ3v) is 1.91. The second-order valence-electron chi connectivity index (χ2n) is 2.81. The topological polar surface area (TPSA) is 29.1 Å². The van der Waals surface area contributed by atoms with Crippen LogP contribution in [0.5, 0.6) is 0 Å². The number of carbonyl (C=O) groups excluding carboxylic acids is 1. The molecule has 1 N–H and O–H groups in total. The minimum absolute atomic E-state index is 0.129. The van der Waals surface area contributed by atoms with Gasteiger partial charge >= 0.3 is 0 Å². The maximum Gasteiger partial charge on any atom is 0.219 e. The lowest BCUT2D eigenvalue weighted by molar-refractivity contribution is -0.121. The van der Waals surface area contributed by atoms with E-state index in [0.29, 0.717) is 24.8 Å². The zero-order valence-electron chi connectivity index (χ0n) is 7.19. The van der Waals surface area contributed by atoms with Gasteiger partial charge in [-0.05, 0) is 12.3 Å². The van der Waals surface area contributed by atoms with Crippen molar-refractivity contribution in [3.63, 3.8) is 0 Å². The van der Waals surface area contributed by atoms with Crippen molar-refractivity contribution in [3.05, 3.63) is 0 Å². The summed E-state index contributed by atoms with van der Waals surface area (Å²) in [5.41, 5.74) is 0. The lowest BCUT2D eigenvalue weighted by Gasteiger charge is -2.08. The molecule has 0 radical (unpaired) electrons. The van der Waals surface area contributed by atoms with Crippen molar-refractivity contribution in [2.45, 2.75) is 26.7 Å². The summed E-state index contributed by atoms with van der Waals surface area (Å²) >= 11 is 5.56. The van der Waals surface area contributed by atoms with E-state index < -0.39 is 0 Å². The van der Waals surface area contributed by atoms with Crippen LogP contribution in [0.25, 0.3) is 0 Å². The van der Waals surface area contributed by atoms with Gasteiger partial charge in [0.25, 0.3) is 0 Å². The second kappa shape index (κ2) is 6.47. The van der Waals surface area contributed by atoms with E-state index in [0.717, 1.165) is 6.42 Å². The van der Waals surface area contributed by atoms with Gasteiger partial charge in [-0.1, -0.05) is 13.8 Å². The first-order chi connectivity index (χ1) is 5.20. The van der Waals surface area contributed by atoms with Crippen LogP contribution in [0, 0.1) is 5.92 Å². The van der Waals surface area contributed by atoms with Crippen molar-refractivity contribution >= 4 is 17.5 Å². The Balaban J connectivity index is 3.30. The van der Waals surface area contributed by atoms with Gasteiger partial charge in [-0.25, -0.2) is 0 Å². The lowest BCUT2D eigenvalue weighted by Crippen LogP contribution is -2.28. The molecule has 0 aromatic rings. The Kier molecular flexibility index (Phi) is 6.33. The first-order valence-corrected chi connectivity index (χ1v) is 4.56. The molecule has 0 heterocycles. The zero-order chi connectivity index (χ0) is 8.69. The van der Waals surface area contributed by atoms with Gasteiger partial charge < -0.3 is 5.32 Å². The average Bonchev–Trinajstić information content (AvgIpc) is 2.01. The van der Waals surface area contributed by atoms with E-state index in [4.69, 9.17) is 11.6 Å². The Morgan fingerprint density at radius 2 is 2.27 bits per heavy atom. The highest BCUT2D eigenvalue weighted by Gasteiger charge is 2.02. The summed E-state index contributed by atoms with van der Waals surface area (Å²) in [4.78, 5) is 10.9. The fourth-order valence-corrected chi connectivity index (χ4v) is 0.767. The predicted molar refractivity (Wildman–Crippen MR) is 47.8 cm³/mol. The molecule has 0 rings (SSSR count). The minimum atomic E-state index is 0.129. The van der Waals surface area contributed by atoms with Gasteiger partial charge in [0.1, 0.15) is 0 Å². The Bertz CT molecular complexity index is 117. The monoisotopic (exact) mass is 177 g/mol. The molecule has 11 heavy (non-hydrogen) atoms. The van der Waals surface area contributed by atoms with E-state index >= 15 is 0 Å². The third-order valence-electron chi connectivity index (χ3n) is 1.39. The smallest absolute Gasteiger partial charge is 0.219 e. The summed E-state index contributed by atoms with van der Waals surface area (Å²) in [6.45, 7) is 4.70. The van der Waals surface area contributed by atoms with Gasteiger partial charge in [-0.15, -0.1) is 11.6 Å². The summed E-state index contributed by atoms with van der Waals surface area (Å²) in [7, 11) is 0. The Morgan fingerprint density at radius 3 is 2.73 bits per heavy atom. The quantitative estimate of drug-likeness (QED) is 0.638. The summed E-state index contributed by atoms with van der Waals surface area (Å²) in [6.07, 6.45) is 1.52. The third kappa shape index (κ3) is 6.17. The molecule has 0 saturated heterocycles. The number of hydrogen-bond donors (Lipinski definition) is 1. The fourth-order valence-electron chi connectivity index (χ4n) is 0.658. The van der Waals surface area contributed by atoms with Crippen molar-refractivity contribution in [1.82, 2.24) is 5.32 Å². The van der Waals surface area contributed by atoms with E-state index in [2.05, 4.69) is 5.32 Å². The second-order valence-corrected chi connectivity index (χ2v) is 3.12. The van der Waals surface area contributed by atoms with Gasteiger partial charge in [-0.3, -0.25) is 4.79 Å². The molecule has 0 spiro atoms. The SMILES string of the molecule is CCCC(=O)NCC(C)CCl.